The molecule has 17 heavy (non-hydrogen) atoms. The fourth-order valence-electron chi connectivity index (χ4n) is 1.42. The van der Waals surface area contributed by atoms with Gasteiger partial charge in [-0.05, 0) is 37.2 Å². The summed E-state index contributed by atoms with van der Waals surface area (Å²) in [4.78, 5) is 0. The van der Waals surface area contributed by atoms with Crippen LogP contribution in [0.2, 0.25) is 0 Å². The van der Waals surface area contributed by atoms with Crippen molar-refractivity contribution in [3.05, 3.63) is 33.8 Å². The van der Waals surface area contributed by atoms with Gasteiger partial charge in [0, 0.05) is 11.0 Å². The first-order valence-corrected chi connectivity index (χ1v) is 6.01. The average molecular weight is 311 g/mol. The van der Waals surface area contributed by atoms with Crippen LogP contribution in [-0.4, -0.2) is 13.1 Å². The zero-order valence-corrected chi connectivity index (χ0v) is 10.7. The van der Waals surface area contributed by atoms with E-state index in [1.807, 2.05) is 0 Å². The van der Waals surface area contributed by atoms with Crippen LogP contribution in [0.15, 0.2) is 22.7 Å². The molecule has 0 bridgehead atoms. The van der Waals surface area contributed by atoms with E-state index in [1.54, 1.807) is 6.07 Å². The highest BCUT2D eigenvalue weighted by Gasteiger charge is 2.33. The first-order valence-electron chi connectivity index (χ1n) is 5.21. The van der Waals surface area contributed by atoms with Crippen LogP contribution in [0.4, 0.5) is 13.2 Å². The number of hydrogen-bond donors (Lipinski definition) is 2. The Morgan fingerprint density at radius 3 is 2.59 bits per heavy atom. The Morgan fingerprint density at radius 2 is 2.00 bits per heavy atom. The molecule has 1 aromatic rings. The van der Waals surface area contributed by atoms with Gasteiger partial charge in [0.2, 0.25) is 0 Å². The van der Waals surface area contributed by atoms with Crippen molar-refractivity contribution in [1.82, 2.24) is 5.32 Å². The Hall–Kier alpha value is -0.590. The molecule has 96 valence electrons. The maximum absolute atomic E-state index is 12.7. The van der Waals surface area contributed by atoms with Crippen molar-refractivity contribution in [2.45, 2.75) is 19.1 Å². The molecule has 0 aromatic heterocycles. The summed E-state index contributed by atoms with van der Waals surface area (Å²) >= 11 is 3.04. The lowest BCUT2D eigenvalue weighted by atomic mass is 10.1. The summed E-state index contributed by atoms with van der Waals surface area (Å²) in [6.07, 6.45) is -3.58. The zero-order valence-electron chi connectivity index (χ0n) is 9.15. The first-order chi connectivity index (χ1) is 7.95. The van der Waals surface area contributed by atoms with Gasteiger partial charge in [-0.15, -0.1) is 0 Å². The van der Waals surface area contributed by atoms with Gasteiger partial charge in [0.15, 0.2) is 0 Å². The summed E-state index contributed by atoms with van der Waals surface area (Å²) in [6, 6.07) is 4.18. The highest BCUT2D eigenvalue weighted by Crippen LogP contribution is 2.33. The third-order valence-electron chi connectivity index (χ3n) is 2.25. The molecule has 0 saturated carbocycles. The van der Waals surface area contributed by atoms with Crippen LogP contribution >= 0.6 is 15.9 Å². The molecule has 0 atom stereocenters. The van der Waals surface area contributed by atoms with E-state index in [0.29, 0.717) is 17.6 Å². The maximum atomic E-state index is 12.7. The lowest BCUT2D eigenvalue weighted by Crippen LogP contribution is -2.20. The average Bonchev–Trinajstić information content (AvgIpc) is 2.25. The van der Waals surface area contributed by atoms with Crippen molar-refractivity contribution in [3.63, 3.8) is 0 Å². The monoisotopic (exact) mass is 310 g/mol. The molecule has 0 spiro atoms. The van der Waals surface area contributed by atoms with Crippen molar-refractivity contribution in [2.24, 2.45) is 5.73 Å². The summed E-state index contributed by atoms with van der Waals surface area (Å²) < 4.78 is 38.6. The molecule has 3 N–H and O–H groups in total. The van der Waals surface area contributed by atoms with Crippen molar-refractivity contribution in [2.75, 3.05) is 13.1 Å². The molecule has 0 radical (unpaired) electrons. The number of alkyl halides is 3. The molecule has 0 heterocycles. The molecule has 0 aliphatic rings. The minimum absolute atomic E-state index is 0.197. The van der Waals surface area contributed by atoms with E-state index >= 15 is 0 Å². The predicted molar refractivity (Wildman–Crippen MR) is 64.5 cm³/mol. The normalized spacial score (nSPS) is 11.8. The van der Waals surface area contributed by atoms with Crippen molar-refractivity contribution >= 4 is 15.9 Å². The molecule has 1 rings (SSSR count). The molecule has 2 nitrogen and oxygen atoms in total. The van der Waals surface area contributed by atoms with Crippen LogP contribution in [0.1, 0.15) is 17.5 Å². The van der Waals surface area contributed by atoms with Gasteiger partial charge in [-0.1, -0.05) is 22.0 Å². The summed E-state index contributed by atoms with van der Waals surface area (Å²) in [5.41, 5.74) is 4.94. The Morgan fingerprint density at radius 1 is 1.29 bits per heavy atom. The molecule has 0 saturated heterocycles. The molecular formula is C11H14BrF3N2. The number of benzene rings is 1. The lowest BCUT2D eigenvalue weighted by molar-refractivity contribution is -0.138. The third kappa shape index (κ3) is 4.65. The molecule has 0 unspecified atom stereocenters. The SMILES string of the molecule is NCCCNCc1ccc(Br)cc1C(F)(F)F. The first kappa shape index (κ1) is 14.5. The second-order valence-corrected chi connectivity index (χ2v) is 4.53. The van der Waals surface area contributed by atoms with Crippen molar-refractivity contribution in [3.8, 4) is 0 Å². The van der Waals surface area contributed by atoms with Crippen LogP contribution in [-0.2, 0) is 12.7 Å². The number of halogens is 4. The topological polar surface area (TPSA) is 38.0 Å². The minimum Gasteiger partial charge on any atom is -0.330 e. The Kier molecular flexibility index (Phi) is 5.42. The summed E-state index contributed by atoms with van der Waals surface area (Å²) in [7, 11) is 0. The van der Waals surface area contributed by atoms with E-state index in [0.717, 1.165) is 12.5 Å². The molecule has 0 amide bonds. The van der Waals surface area contributed by atoms with Gasteiger partial charge in [-0.25, -0.2) is 0 Å². The van der Waals surface area contributed by atoms with Gasteiger partial charge in [0.1, 0.15) is 0 Å². The molecule has 0 aliphatic heterocycles. The van der Waals surface area contributed by atoms with Gasteiger partial charge >= 0.3 is 6.18 Å². The maximum Gasteiger partial charge on any atom is 0.416 e. The second kappa shape index (κ2) is 6.37. The highest BCUT2D eigenvalue weighted by atomic mass is 79.9. The van der Waals surface area contributed by atoms with Crippen LogP contribution < -0.4 is 11.1 Å². The Balaban J connectivity index is 2.77. The van der Waals surface area contributed by atoms with E-state index in [1.165, 1.54) is 6.07 Å². The Bertz CT molecular complexity index is 366. The van der Waals surface area contributed by atoms with E-state index in [9.17, 15) is 13.2 Å². The molecule has 0 aliphatic carbocycles. The van der Waals surface area contributed by atoms with E-state index in [4.69, 9.17) is 5.73 Å². The smallest absolute Gasteiger partial charge is 0.330 e. The van der Waals surface area contributed by atoms with Crippen LogP contribution in [0.3, 0.4) is 0 Å². The molecular weight excluding hydrogens is 297 g/mol. The van der Waals surface area contributed by atoms with E-state index < -0.39 is 11.7 Å². The fraction of sp³-hybridized carbons (Fsp3) is 0.455. The van der Waals surface area contributed by atoms with Crippen molar-refractivity contribution in [1.29, 1.82) is 0 Å². The minimum atomic E-state index is -4.32. The fourth-order valence-corrected chi connectivity index (χ4v) is 1.78. The van der Waals surface area contributed by atoms with Crippen molar-refractivity contribution < 1.29 is 13.2 Å². The van der Waals surface area contributed by atoms with Crippen LogP contribution in [0.5, 0.6) is 0 Å². The van der Waals surface area contributed by atoms with Gasteiger partial charge in [-0.3, -0.25) is 0 Å². The van der Waals surface area contributed by atoms with Crippen LogP contribution in [0.25, 0.3) is 0 Å². The summed E-state index contributed by atoms with van der Waals surface area (Å²) in [5.74, 6) is 0. The van der Waals surface area contributed by atoms with Gasteiger partial charge in [-0.2, -0.15) is 13.2 Å². The molecule has 0 fully saturated rings. The van der Waals surface area contributed by atoms with Crippen LogP contribution in [0, 0.1) is 0 Å². The van der Waals surface area contributed by atoms with E-state index in [2.05, 4.69) is 21.2 Å². The number of nitrogens with two attached hydrogens (primary N) is 1. The number of rotatable bonds is 5. The second-order valence-electron chi connectivity index (χ2n) is 3.62. The van der Waals surface area contributed by atoms with Gasteiger partial charge < -0.3 is 11.1 Å². The number of nitrogens with one attached hydrogen (secondary N) is 1. The number of hydrogen-bond acceptors (Lipinski definition) is 2. The third-order valence-corrected chi connectivity index (χ3v) is 2.74. The lowest BCUT2D eigenvalue weighted by Gasteiger charge is -2.13. The molecule has 6 heteroatoms. The zero-order chi connectivity index (χ0) is 12.9. The quantitative estimate of drug-likeness (QED) is 0.821. The largest absolute Gasteiger partial charge is 0.416 e. The Labute approximate surface area is 107 Å². The highest BCUT2D eigenvalue weighted by molar-refractivity contribution is 9.10. The standard InChI is InChI=1S/C11H14BrF3N2/c12-9-3-2-8(7-17-5-1-4-16)10(6-9)11(13,14)15/h2-3,6,17H,1,4-5,7,16H2. The van der Waals surface area contributed by atoms with Gasteiger partial charge in [0.05, 0.1) is 5.56 Å². The van der Waals surface area contributed by atoms with Gasteiger partial charge in [0.25, 0.3) is 0 Å². The summed E-state index contributed by atoms with van der Waals surface area (Å²) in [5, 5.41) is 2.94. The molecule has 1 aromatic carbocycles. The summed E-state index contributed by atoms with van der Waals surface area (Å²) in [6.45, 7) is 1.34. The van der Waals surface area contributed by atoms with E-state index in [-0.39, 0.29) is 12.1 Å². The predicted octanol–water partition coefficient (Wildman–Crippen LogP) is 2.91.